The third-order valence-electron chi connectivity index (χ3n) is 5.57. The SMILES string of the molecule is Cc1cc(F)c2c(c1)OC[C@H](NC(=O)c1n[nH]c3c1C[C@H](C(F)(F)F)CC3)C(=O)C2. The molecule has 0 spiro atoms. The van der Waals surface area contributed by atoms with Crippen molar-refractivity contribution in [2.45, 2.75) is 44.8 Å². The number of hydrogen-bond acceptors (Lipinski definition) is 4. The number of aryl methyl sites for hydroxylation is 2. The summed E-state index contributed by atoms with van der Waals surface area (Å²) >= 11 is 0. The smallest absolute Gasteiger partial charge is 0.392 e. The van der Waals surface area contributed by atoms with E-state index in [1.807, 2.05) is 0 Å². The van der Waals surface area contributed by atoms with Gasteiger partial charge in [0.15, 0.2) is 11.5 Å². The van der Waals surface area contributed by atoms with E-state index in [9.17, 15) is 27.2 Å². The van der Waals surface area contributed by atoms with E-state index >= 15 is 0 Å². The first kappa shape index (κ1) is 20.4. The minimum Gasteiger partial charge on any atom is -0.491 e. The lowest BCUT2D eigenvalue weighted by Gasteiger charge is -2.24. The average Bonchev–Trinajstić information content (AvgIpc) is 3.03. The zero-order valence-corrected chi connectivity index (χ0v) is 16.0. The molecule has 6 nitrogen and oxygen atoms in total. The first-order valence-electron chi connectivity index (χ1n) is 9.51. The van der Waals surface area contributed by atoms with Crippen LogP contribution in [0.25, 0.3) is 0 Å². The van der Waals surface area contributed by atoms with Crippen molar-refractivity contribution in [3.05, 3.63) is 46.0 Å². The maximum atomic E-state index is 14.2. The molecule has 1 amide bonds. The van der Waals surface area contributed by atoms with E-state index in [-0.39, 0.29) is 54.9 Å². The molecular weight excluding hydrogens is 406 g/mol. The molecule has 2 N–H and O–H groups in total. The number of Topliss-reactive ketones (excluding diaryl/α,β-unsaturated/α-hetero) is 1. The van der Waals surface area contributed by atoms with Gasteiger partial charge in [-0.2, -0.15) is 18.3 Å². The first-order valence-corrected chi connectivity index (χ1v) is 9.51. The van der Waals surface area contributed by atoms with Crippen molar-refractivity contribution in [1.82, 2.24) is 15.5 Å². The predicted octanol–water partition coefficient (Wildman–Crippen LogP) is 2.83. The van der Waals surface area contributed by atoms with Crippen LogP contribution >= 0.6 is 0 Å². The molecule has 30 heavy (non-hydrogen) atoms. The second-order valence-corrected chi connectivity index (χ2v) is 7.71. The van der Waals surface area contributed by atoms with Gasteiger partial charge in [-0.3, -0.25) is 14.7 Å². The Morgan fingerprint density at radius 1 is 1.30 bits per heavy atom. The number of fused-ring (bicyclic) bond motifs is 2. The molecule has 0 saturated heterocycles. The van der Waals surface area contributed by atoms with Crippen LogP contribution in [0.3, 0.4) is 0 Å². The Balaban J connectivity index is 1.51. The van der Waals surface area contributed by atoms with Crippen molar-refractivity contribution in [1.29, 1.82) is 0 Å². The number of H-pyrrole nitrogens is 1. The van der Waals surface area contributed by atoms with Gasteiger partial charge in [0.05, 0.1) is 5.92 Å². The standard InChI is InChI=1S/C20H19F4N3O3/c1-9-4-13(21)11-7-16(28)15(8-30-17(11)5-9)25-19(29)18-12-6-10(20(22,23)24)2-3-14(12)26-27-18/h4-5,10,15H,2-3,6-8H2,1H3,(H,25,29)(H,26,27)/t10-,15+/m1/s1. The summed E-state index contributed by atoms with van der Waals surface area (Å²) in [5.41, 5.74) is 1.30. The Bertz CT molecular complexity index is 1020. The number of rotatable bonds is 2. The van der Waals surface area contributed by atoms with Gasteiger partial charge >= 0.3 is 6.18 Å². The Kier molecular flexibility index (Phi) is 5.03. The maximum absolute atomic E-state index is 14.2. The van der Waals surface area contributed by atoms with E-state index in [0.717, 1.165) is 0 Å². The van der Waals surface area contributed by atoms with Gasteiger partial charge < -0.3 is 10.1 Å². The summed E-state index contributed by atoms with van der Waals surface area (Å²) in [5, 5.41) is 8.98. The number of alkyl halides is 3. The van der Waals surface area contributed by atoms with Gasteiger partial charge in [-0.05, 0) is 43.9 Å². The molecule has 1 aliphatic heterocycles. The van der Waals surface area contributed by atoms with Crippen molar-refractivity contribution in [3.63, 3.8) is 0 Å². The van der Waals surface area contributed by atoms with E-state index in [1.165, 1.54) is 6.07 Å². The molecule has 1 aliphatic carbocycles. The molecule has 10 heteroatoms. The third-order valence-corrected chi connectivity index (χ3v) is 5.57. The molecule has 4 rings (SSSR count). The van der Waals surface area contributed by atoms with Crippen molar-refractivity contribution in [2.75, 3.05) is 6.61 Å². The molecule has 2 atom stereocenters. The minimum atomic E-state index is -4.36. The van der Waals surface area contributed by atoms with Gasteiger partial charge in [-0.1, -0.05) is 0 Å². The Morgan fingerprint density at radius 3 is 2.80 bits per heavy atom. The average molecular weight is 425 g/mol. The topological polar surface area (TPSA) is 84.1 Å². The molecule has 0 saturated carbocycles. The summed E-state index contributed by atoms with van der Waals surface area (Å²) in [6.07, 6.45) is -4.90. The highest BCUT2D eigenvalue weighted by Gasteiger charge is 2.43. The van der Waals surface area contributed by atoms with Crippen LogP contribution in [0.2, 0.25) is 0 Å². The molecule has 1 aromatic heterocycles. The fourth-order valence-corrected chi connectivity index (χ4v) is 3.92. The first-order chi connectivity index (χ1) is 14.1. The van der Waals surface area contributed by atoms with Crippen LogP contribution in [0.1, 0.15) is 39.3 Å². The Hall–Kier alpha value is -2.91. The van der Waals surface area contributed by atoms with Crippen LogP contribution < -0.4 is 10.1 Å². The van der Waals surface area contributed by atoms with E-state index in [4.69, 9.17) is 4.74 Å². The van der Waals surface area contributed by atoms with Crippen LogP contribution in [0.5, 0.6) is 5.75 Å². The number of hydrogen-bond donors (Lipinski definition) is 2. The number of ketones is 1. The van der Waals surface area contributed by atoms with Crippen LogP contribution in [-0.2, 0) is 24.1 Å². The fraction of sp³-hybridized carbons (Fsp3) is 0.450. The summed E-state index contributed by atoms with van der Waals surface area (Å²) in [6.45, 7) is 1.48. The van der Waals surface area contributed by atoms with E-state index in [1.54, 1.807) is 13.0 Å². The summed E-state index contributed by atoms with van der Waals surface area (Å²) in [5.74, 6) is -3.09. The van der Waals surface area contributed by atoms with Gasteiger partial charge in [0, 0.05) is 23.2 Å². The molecule has 0 fully saturated rings. The zero-order valence-electron chi connectivity index (χ0n) is 16.0. The number of halogens is 4. The number of nitrogens with zero attached hydrogens (tertiary/aromatic N) is 1. The second-order valence-electron chi connectivity index (χ2n) is 7.71. The van der Waals surface area contributed by atoms with Gasteiger partial charge in [-0.15, -0.1) is 0 Å². The van der Waals surface area contributed by atoms with Crippen LogP contribution in [-0.4, -0.2) is 40.7 Å². The molecule has 2 aromatic rings. The van der Waals surface area contributed by atoms with Gasteiger partial charge in [-0.25, -0.2) is 4.39 Å². The zero-order chi connectivity index (χ0) is 21.6. The fourth-order valence-electron chi connectivity index (χ4n) is 3.92. The van der Waals surface area contributed by atoms with Crippen LogP contribution in [0, 0.1) is 18.7 Å². The largest absolute Gasteiger partial charge is 0.491 e. The normalized spacial score (nSPS) is 21.3. The van der Waals surface area contributed by atoms with Gasteiger partial charge in [0.2, 0.25) is 0 Å². The molecule has 160 valence electrons. The monoisotopic (exact) mass is 425 g/mol. The summed E-state index contributed by atoms with van der Waals surface area (Å²) in [6, 6.07) is 1.83. The molecule has 2 aliphatic rings. The van der Waals surface area contributed by atoms with Crippen molar-refractivity contribution < 1.29 is 31.9 Å². The van der Waals surface area contributed by atoms with Gasteiger partial charge in [0.1, 0.15) is 24.2 Å². The quantitative estimate of drug-likeness (QED) is 0.725. The molecule has 1 aromatic carbocycles. The highest BCUT2D eigenvalue weighted by molar-refractivity contribution is 5.98. The number of benzene rings is 1. The predicted molar refractivity (Wildman–Crippen MR) is 96.8 cm³/mol. The third kappa shape index (κ3) is 3.78. The van der Waals surface area contributed by atoms with Crippen LogP contribution in [0.15, 0.2) is 12.1 Å². The lowest BCUT2D eigenvalue weighted by Crippen LogP contribution is -2.45. The van der Waals surface area contributed by atoms with Crippen LogP contribution in [0.4, 0.5) is 17.6 Å². The Morgan fingerprint density at radius 2 is 2.07 bits per heavy atom. The number of aromatic nitrogens is 2. The molecule has 2 heterocycles. The minimum absolute atomic E-state index is 0.0715. The number of nitrogens with one attached hydrogen (secondary N) is 2. The molecule has 0 radical (unpaired) electrons. The maximum Gasteiger partial charge on any atom is 0.392 e. The second kappa shape index (κ2) is 7.41. The van der Waals surface area contributed by atoms with Crippen molar-refractivity contribution in [3.8, 4) is 5.75 Å². The van der Waals surface area contributed by atoms with E-state index < -0.39 is 35.6 Å². The lowest BCUT2D eigenvalue weighted by atomic mass is 9.86. The van der Waals surface area contributed by atoms with E-state index in [2.05, 4.69) is 15.5 Å². The van der Waals surface area contributed by atoms with Crippen molar-refractivity contribution >= 4 is 11.7 Å². The highest BCUT2D eigenvalue weighted by Crippen LogP contribution is 2.37. The number of carbonyl (C=O) groups excluding carboxylic acids is 2. The molecular formula is C20H19F4N3O3. The number of carbonyl (C=O) groups is 2. The summed E-state index contributed by atoms with van der Waals surface area (Å²) in [7, 11) is 0. The molecule has 0 bridgehead atoms. The number of aromatic amines is 1. The van der Waals surface area contributed by atoms with Crippen molar-refractivity contribution in [2.24, 2.45) is 5.92 Å². The molecule has 0 unspecified atom stereocenters. The lowest BCUT2D eigenvalue weighted by molar-refractivity contribution is -0.177. The number of ether oxygens (including phenoxy) is 1. The Labute approximate surface area is 169 Å². The summed E-state index contributed by atoms with van der Waals surface area (Å²) < 4.78 is 59.1. The highest BCUT2D eigenvalue weighted by atomic mass is 19.4. The summed E-state index contributed by atoms with van der Waals surface area (Å²) in [4.78, 5) is 25.3. The van der Waals surface area contributed by atoms with E-state index in [0.29, 0.717) is 11.3 Å². The number of amides is 1. The van der Waals surface area contributed by atoms with Gasteiger partial charge in [0.25, 0.3) is 5.91 Å².